The second kappa shape index (κ2) is 7.24. The fraction of sp³-hybridized carbons (Fsp3) is 0.412. The van der Waals surface area contributed by atoms with Crippen molar-refractivity contribution in [3.05, 3.63) is 24.3 Å². The molecule has 0 fully saturated rings. The summed E-state index contributed by atoms with van der Waals surface area (Å²) in [6, 6.07) is 7.31. The predicted molar refractivity (Wildman–Crippen MR) is 106 cm³/mol. The first-order chi connectivity index (χ1) is 12.2. The van der Waals surface area contributed by atoms with Gasteiger partial charge in [0.2, 0.25) is 16.9 Å². The summed E-state index contributed by atoms with van der Waals surface area (Å²) in [4.78, 5) is 26.4. The van der Waals surface area contributed by atoms with Gasteiger partial charge in [-0.15, -0.1) is 10.2 Å². The van der Waals surface area contributed by atoms with E-state index >= 15 is 0 Å². The van der Waals surface area contributed by atoms with E-state index in [0.717, 1.165) is 10.8 Å². The van der Waals surface area contributed by atoms with E-state index in [-0.39, 0.29) is 29.1 Å². The van der Waals surface area contributed by atoms with Gasteiger partial charge in [0.25, 0.3) is 0 Å². The first-order valence-corrected chi connectivity index (χ1v) is 9.91. The standard InChI is InChI=1S/C17H21N5O2S2/c1-10(25-16-21-20-15(26-16)19-17(2,3)4)14(24)22-9-13(23)18-11-7-5-6-8-12(11)22/h5-8,10H,9H2,1-4H3,(H,18,23)(H,19,20). The van der Waals surface area contributed by atoms with Crippen LogP contribution in [-0.4, -0.2) is 39.3 Å². The molecule has 2 aromatic rings. The number of carbonyl (C=O) groups is 2. The largest absolute Gasteiger partial charge is 0.355 e. The van der Waals surface area contributed by atoms with Gasteiger partial charge in [0, 0.05) is 5.54 Å². The molecule has 7 nitrogen and oxygen atoms in total. The molecular weight excluding hydrogens is 370 g/mol. The van der Waals surface area contributed by atoms with Gasteiger partial charge in [0.05, 0.1) is 16.6 Å². The highest BCUT2D eigenvalue weighted by molar-refractivity contribution is 8.02. The number of nitrogens with one attached hydrogen (secondary N) is 2. The third-order valence-corrected chi connectivity index (χ3v) is 5.56. The van der Waals surface area contributed by atoms with E-state index in [0.29, 0.717) is 10.0 Å². The number of amides is 2. The highest BCUT2D eigenvalue weighted by atomic mass is 32.2. The van der Waals surface area contributed by atoms with Crippen molar-refractivity contribution in [3.63, 3.8) is 0 Å². The minimum absolute atomic E-state index is 0.0215. The number of para-hydroxylation sites is 2. The van der Waals surface area contributed by atoms with Crippen LogP contribution >= 0.6 is 23.1 Å². The second-order valence-corrected chi connectivity index (χ2v) is 9.56. The molecule has 0 spiro atoms. The Morgan fingerprint density at radius 2 is 2.08 bits per heavy atom. The van der Waals surface area contributed by atoms with Gasteiger partial charge in [-0.1, -0.05) is 35.2 Å². The third-order valence-electron chi connectivity index (χ3n) is 3.55. The SMILES string of the molecule is CC(Sc1nnc(NC(C)(C)C)s1)C(=O)N1CC(=O)Nc2ccccc21. The zero-order valence-electron chi connectivity index (χ0n) is 15.1. The normalized spacial score (nSPS) is 15.2. The van der Waals surface area contributed by atoms with Crippen LogP contribution in [0, 0.1) is 0 Å². The molecule has 26 heavy (non-hydrogen) atoms. The van der Waals surface area contributed by atoms with Crippen LogP contribution in [0.4, 0.5) is 16.5 Å². The van der Waals surface area contributed by atoms with Gasteiger partial charge in [0.15, 0.2) is 4.34 Å². The van der Waals surface area contributed by atoms with Gasteiger partial charge in [-0.3, -0.25) is 14.5 Å². The number of aromatic nitrogens is 2. The smallest absolute Gasteiger partial charge is 0.244 e. The molecule has 1 unspecified atom stereocenters. The molecular formula is C17H21N5O2S2. The fourth-order valence-electron chi connectivity index (χ4n) is 2.48. The van der Waals surface area contributed by atoms with Crippen molar-refractivity contribution in [1.82, 2.24) is 10.2 Å². The molecule has 0 saturated heterocycles. The molecule has 2 heterocycles. The van der Waals surface area contributed by atoms with Crippen molar-refractivity contribution in [2.45, 2.75) is 42.8 Å². The number of thioether (sulfide) groups is 1. The van der Waals surface area contributed by atoms with Crippen LogP contribution in [0.5, 0.6) is 0 Å². The Kier molecular flexibility index (Phi) is 5.19. The van der Waals surface area contributed by atoms with Crippen LogP contribution in [0.1, 0.15) is 27.7 Å². The molecule has 0 aliphatic carbocycles. The fourth-order valence-corrected chi connectivity index (χ4v) is 4.65. The molecule has 1 atom stereocenters. The van der Waals surface area contributed by atoms with Crippen LogP contribution in [-0.2, 0) is 9.59 Å². The maximum atomic E-state index is 12.9. The van der Waals surface area contributed by atoms with Crippen molar-refractivity contribution in [2.24, 2.45) is 0 Å². The van der Waals surface area contributed by atoms with Gasteiger partial charge >= 0.3 is 0 Å². The maximum Gasteiger partial charge on any atom is 0.244 e. The summed E-state index contributed by atoms with van der Waals surface area (Å²) >= 11 is 2.77. The van der Waals surface area contributed by atoms with Gasteiger partial charge in [0.1, 0.15) is 6.54 Å². The Labute approximate surface area is 160 Å². The number of hydrogen-bond donors (Lipinski definition) is 2. The molecule has 0 radical (unpaired) electrons. The summed E-state index contributed by atoms with van der Waals surface area (Å²) in [5.41, 5.74) is 1.27. The molecule has 1 aliphatic heterocycles. The summed E-state index contributed by atoms with van der Waals surface area (Å²) in [5.74, 6) is -0.320. The summed E-state index contributed by atoms with van der Waals surface area (Å²) in [6.45, 7) is 7.98. The highest BCUT2D eigenvalue weighted by Crippen LogP contribution is 2.34. The van der Waals surface area contributed by atoms with Gasteiger partial charge in [-0.25, -0.2) is 0 Å². The van der Waals surface area contributed by atoms with Crippen molar-refractivity contribution >= 4 is 51.4 Å². The van der Waals surface area contributed by atoms with E-state index < -0.39 is 0 Å². The molecule has 9 heteroatoms. The van der Waals surface area contributed by atoms with Crippen molar-refractivity contribution in [2.75, 3.05) is 22.1 Å². The molecule has 2 amide bonds. The van der Waals surface area contributed by atoms with Gasteiger partial charge in [-0.05, 0) is 39.8 Å². The van der Waals surface area contributed by atoms with E-state index in [4.69, 9.17) is 0 Å². The average molecular weight is 392 g/mol. The molecule has 1 aromatic heterocycles. The van der Waals surface area contributed by atoms with Crippen LogP contribution in [0.3, 0.4) is 0 Å². The molecule has 0 bridgehead atoms. The molecule has 3 rings (SSSR count). The zero-order valence-corrected chi connectivity index (χ0v) is 16.7. The topological polar surface area (TPSA) is 87.2 Å². The summed E-state index contributed by atoms with van der Waals surface area (Å²) in [6.07, 6.45) is 0. The predicted octanol–water partition coefficient (Wildman–Crippen LogP) is 3.21. The van der Waals surface area contributed by atoms with Crippen molar-refractivity contribution in [3.8, 4) is 0 Å². The molecule has 1 aromatic carbocycles. The lowest BCUT2D eigenvalue weighted by Crippen LogP contribution is -2.45. The van der Waals surface area contributed by atoms with Crippen LogP contribution in [0.25, 0.3) is 0 Å². The minimum atomic E-state index is -0.385. The first-order valence-electron chi connectivity index (χ1n) is 8.21. The highest BCUT2D eigenvalue weighted by Gasteiger charge is 2.30. The molecule has 138 valence electrons. The van der Waals surface area contributed by atoms with Gasteiger partial charge < -0.3 is 10.6 Å². The number of hydrogen-bond acceptors (Lipinski definition) is 7. The second-order valence-electron chi connectivity index (χ2n) is 7.00. The van der Waals surface area contributed by atoms with E-state index in [9.17, 15) is 9.59 Å². The molecule has 2 N–H and O–H groups in total. The minimum Gasteiger partial charge on any atom is -0.355 e. The number of benzene rings is 1. The Morgan fingerprint density at radius 3 is 2.81 bits per heavy atom. The van der Waals surface area contributed by atoms with Crippen LogP contribution < -0.4 is 15.5 Å². The molecule has 0 saturated carbocycles. The third kappa shape index (κ3) is 4.34. The quantitative estimate of drug-likeness (QED) is 0.778. The van der Waals surface area contributed by atoms with Crippen molar-refractivity contribution in [1.29, 1.82) is 0 Å². The number of anilines is 3. The van der Waals surface area contributed by atoms with Gasteiger partial charge in [-0.2, -0.15) is 0 Å². The van der Waals surface area contributed by atoms with E-state index in [2.05, 4.69) is 20.8 Å². The first kappa shape index (κ1) is 18.7. The average Bonchev–Trinajstić information content (AvgIpc) is 2.98. The van der Waals surface area contributed by atoms with Crippen molar-refractivity contribution < 1.29 is 9.59 Å². The monoisotopic (exact) mass is 391 g/mol. The summed E-state index contributed by atoms with van der Waals surface area (Å²) < 4.78 is 0.715. The Morgan fingerprint density at radius 1 is 1.35 bits per heavy atom. The zero-order chi connectivity index (χ0) is 18.9. The van der Waals surface area contributed by atoms with E-state index in [1.54, 1.807) is 6.07 Å². The number of nitrogens with zero attached hydrogens (tertiary/aromatic N) is 3. The van der Waals surface area contributed by atoms with Crippen LogP contribution in [0.15, 0.2) is 28.6 Å². The lowest BCUT2D eigenvalue weighted by molar-refractivity contribution is -0.121. The number of rotatable bonds is 4. The summed E-state index contributed by atoms with van der Waals surface area (Å²) in [7, 11) is 0. The van der Waals surface area contributed by atoms with E-state index in [1.165, 1.54) is 28.0 Å². The molecule has 1 aliphatic rings. The summed E-state index contributed by atoms with van der Waals surface area (Å²) in [5, 5.41) is 14.7. The Bertz CT molecular complexity index is 831. The Hall–Kier alpha value is -2.13. The number of fused-ring (bicyclic) bond motifs is 1. The lowest BCUT2D eigenvalue weighted by atomic mass is 10.1. The lowest BCUT2D eigenvalue weighted by Gasteiger charge is -2.30. The maximum absolute atomic E-state index is 12.9. The van der Waals surface area contributed by atoms with E-state index in [1.807, 2.05) is 45.9 Å². The number of carbonyl (C=O) groups excluding carboxylic acids is 2. The Balaban J connectivity index is 1.72. The van der Waals surface area contributed by atoms with Crippen LogP contribution in [0.2, 0.25) is 0 Å².